The van der Waals surface area contributed by atoms with Crippen LogP contribution in [-0.2, 0) is 4.79 Å². The molecule has 0 spiro atoms. The lowest BCUT2D eigenvalue weighted by molar-refractivity contribution is -0.116. The summed E-state index contributed by atoms with van der Waals surface area (Å²) in [5.41, 5.74) is 0. The van der Waals surface area contributed by atoms with Gasteiger partial charge in [0.1, 0.15) is 5.78 Å². The van der Waals surface area contributed by atoms with Gasteiger partial charge >= 0.3 is 0 Å². The van der Waals surface area contributed by atoms with Crippen molar-refractivity contribution in [1.82, 2.24) is 4.90 Å². The van der Waals surface area contributed by atoms with Crippen molar-refractivity contribution < 1.29 is 4.79 Å². The van der Waals surface area contributed by atoms with E-state index in [0.29, 0.717) is 12.3 Å². The Morgan fingerprint density at radius 2 is 2.00 bits per heavy atom. The Balaban J connectivity index is 0.000000236. The molecule has 2 nitrogen and oxygen atoms in total. The zero-order valence-electron chi connectivity index (χ0n) is 7.18. The Bertz CT molecular complexity index is 101. The first kappa shape index (κ1) is 9.63. The number of rotatable bonds is 0. The highest BCUT2D eigenvalue weighted by molar-refractivity contribution is 5.82. The molecule has 10 heavy (non-hydrogen) atoms. The van der Waals surface area contributed by atoms with E-state index in [1.165, 1.54) is 6.42 Å². The smallest absolute Gasteiger partial charge is 0.148 e. The fourth-order valence-corrected chi connectivity index (χ4v) is 0.775. The van der Waals surface area contributed by atoms with Crippen LogP contribution in [0.5, 0.6) is 0 Å². The third-order valence-corrected chi connectivity index (χ3v) is 1.22. The second kappa shape index (κ2) is 5.42. The van der Waals surface area contributed by atoms with Crippen molar-refractivity contribution in [1.29, 1.82) is 0 Å². The first-order valence-electron chi connectivity index (χ1n) is 3.91. The summed E-state index contributed by atoms with van der Waals surface area (Å²) >= 11 is 0. The molecule has 1 aliphatic heterocycles. The summed E-state index contributed by atoms with van der Waals surface area (Å²) in [6.07, 6.45) is 2.01. The molecule has 0 bridgehead atoms. The molecule has 0 atom stereocenters. The third kappa shape index (κ3) is 4.50. The minimum atomic E-state index is 0.377. The fraction of sp³-hybridized carbons (Fsp3) is 0.875. The van der Waals surface area contributed by atoms with Gasteiger partial charge < -0.3 is 0 Å². The molecule has 1 saturated heterocycles. The van der Waals surface area contributed by atoms with Crippen molar-refractivity contribution in [3.63, 3.8) is 0 Å². The van der Waals surface area contributed by atoms with E-state index in [9.17, 15) is 4.79 Å². The Labute approximate surface area is 63.2 Å². The highest BCUT2D eigenvalue weighted by Gasteiger charge is 2.13. The molecule has 1 rings (SSSR count). The molecule has 0 amide bonds. The number of hydrogen-bond donors (Lipinski definition) is 0. The van der Waals surface area contributed by atoms with Crippen LogP contribution in [0.15, 0.2) is 0 Å². The second-order valence-electron chi connectivity index (χ2n) is 2.73. The zero-order chi connectivity index (χ0) is 7.98. The lowest BCUT2D eigenvalue weighted by atomic mass is 10.4. The van der Waals surface area contributed by atoms with Crippen LogP contribution < -0.4 is 0 Å². The fourth-order valence-electron chi connectivity index (χ4n) is 0.775. The van der Waals surface area contributed by atoms with Crippen LogP contribution >= 0.6 is 0 Å². The quantitative estimate of drug-likeness (QED) is 0.509. The molecule has 0 aromatic rings. The summed E-state index contributed by atoms with van der Waals surface area (Å²) in [5, 5.41) is 0. The second-order valence-corrected chi connectivity index (χ2v) is 2.73. The van der Waals surface area contributed by atoms with E-state index in [1.54, 1.807) is 0 Å². The van der Waals surface area contributed by atoms with Crippen LogP contribution in [0.2, 0.25) is 0 Å². The maximum absolute atomic E-state index is 10.4. The van der Waals surface area contributed by atoms with Gasteiger partial charge in [-0.25, -0.2) is 0 Å². The summed E-state index contributed by atoms with van der Waals surface area (Å²) < 4.78 is 0. The van der Waals surface area contributed by atoms with E-state index in [1.807, 2.05) is 11.9 Å². The average molecular weight is 143 g/mol. The molecule has 0 radical (unpaired) electrons. The molecule has 0 saturated carbocycles. The lowest BCUT2D eigenvalue weighted by Gasteiger charge is -1.99. The van der Waals surface area contributed by atoms with E-state index >= 15 is 0 Å². The van der Waals surface area contributed by atoms with Gasteiger partial charge in [-0.3, -0.25) is 9.69 Å². The topological polar surface area (TPSA) is 20.3 Å². The van der Waals surface area contributed by atoms with Gasteiger partial charge in [0.15, 0.2) is 0 Å². The van der Waals surface area contributed by atoms with Crippen LogP contribution in [0.1, 0.15) is 26.7 Å². The molecule has 1 heterocycles. The van der Waals surface area contributed by atoms with Crippen molar-refractivity contribution in [3.8, 4) is 0 Å². The number of carbonyl (C=O) groups excluding carboxylic acids is 1. The number of likely N-dealkylation sites (N-methyl/N-ethyl adjacent to an activating group) is 1. The molecule has 1 aliphatic rings. The first-order valence-corrected chi connectivity index (χ1v) is 3.91. The van der Waals surface area contributed by atoms with E-state index < -0.39 is 0 Å². The summed E-state index contributed by atoms with van der Waals surface area (Å²) in [6, 6.07) is 0. The molecule has 60 valence electrons. The number of likely N-dealkylation sites (tertiary alicyclic amines) is 1. The molecule has 0 aromatic heterocycles. The summed E-state index contributed by atoms with van der Waals surface area (Å²) in [5.74, 6) is 0.377. The SMILES string of the molecule is CCC.CN1CCC(=O)C1. The Kier molecular flexibility index (Phi) is 5.22. The van der Waals surface area contributed by atoms with Crippen molar-refractivity contribution in [2.24, 2.45) is 0 Å². The van der Waals surface area contributed by atoms with Gasteiger partial charge in [-0.1, -0.05) is 20.3 Å². The Morgan fingerprint density at radius 3 is 2.10 bits per heavy atom. The van der Waals surface area contributed by atoms with Crippen LogP contribution in [0.25, 0.3) is 0 Å². The molecule has 0 aliphatic carbocycles. The van der Waals surface area contributed by atoms with Crippen LogP contribution in [-0.4, -0.2) is 30.8 Å². The van der Waals surface area contributed by atoms with Gasteiger partial charge in [-0.2, -0.15) is 0 Å². The number of hydrogen-bond acceptors (Lipinski definition) is 2. The standard InChI is InChI=1S/C5H9NO.C3H8/c1-6-3-2-5(7)4-6;1-3-2/h2-4H2,1H3;3H2,1-2H3. The molecule has 0 N–H and O–H groups in total. The van der Waals surface area contributed by atoms with Crippen molar-refractivity contribution in [2.75, 3.05) is 20.1 Å². The summed E-state index contributed by atoms with van der Waals surface area (Å²) in [6.45, 7) is 5.87. The number of carbonyl (C=O) groups is 1. The predicted molar refractivity (Wildman–Crippen MR) is 43.1 cm³/mol. The van der Waals surface area contributed by atoms with Gasteiger partial charge in [0, 0.05) is 13.0 Å². The maximum atomic E-state index is 10.4. The van der Waals surface area contributed by atoms with Crippen LogP contribution in [0.3, 0.4) is 0 Å². The molecule has 1 fully saturated rings. The van der Waals surface area contributed by atoms with E-state index in [2.05, 4.69) is 13.8 Å². The minimum Gasteiger partial charge on any atom is -0.299 e. The van der Waals surface area contributed by atoms with Gasteiger partial charge in [-0.05, 0) is 7.05 Å². The number of Topliss-reactive ketones (excluding diaryl/α,β-unsaturated/α-hetero) is 1. The normalized spacial score (nSPS) is 18.5. The van der Waals surface area contributed by atoms with E-state index in [-0.39, 0.29) is 0 Å². The molecule has 2 heteroatoms. The monoisotopic (exact) mass is 143 g/mol. The predicted octanol–water partition coefficient (Wildman–Crippen LogP) is 1.31. The minimum absolute atomic E-state index is 0.377. The average Bonchev–Trinajstić information content (AvgIpc) is 2.17. The van der Waals surface area contributed by atoms with Crippen LogP contribution in [0.4, 0.5) is 0 Å². The van der Waals surface area contributed by atoms with E-state index in [4.69, 9.17) is 0 Å². The van der Waals surface area contributed by atoms with Gasteiger partial charge in [-0.15, -0.1) is 0 Å². The van der Waals surface area contributed by atoms with Gasteiger partial charge in [0.25, 0.3) is 0 Å². The molecule has 0 unspecified atom stereocenters. The molecule has 0 aromatic carbocycles. The highest BCUT2D eigenvalue weighted by atomic mass is 16.1. The molecular formula is C8H17NO. The molecular weight excluding hydrogens is 126 g/mol. The van der Waals surface area contributed by atoms with E-state index in [0.717, 1.165) is 13.0 Å². The lowest BCUT2D eigenvalue weighted by Crippen LogP contribution is -2.13. The van der Waals surface area contributed by atoms with Crippen LogP contribution in [0, 0.1) is 0 Å². The van der Waals surface area contributed by atoms with Crippen molar-refractivity contribution >= 4 is 5.78 Å². The third-order valence-electron chi connectivity index (χ3n) is 1.22. The van der Waals surface area contributed by atoms with Crippen molar-refractivity contribution in [3.05, 3.63) is 0 Å². The largest absolute Gasteiger partial charge is 0.299 e. The first-order chi connectivity index (χ1) is 4.70. The van der Waals surface area contributed by atoms with Crippen molar-refractivity contribution in [2.45, 2.75) is 26.7 Å². The zero-order valence-corrected chi connectivity index (χ0v) is 7.18. The number of nitrogens with zero attached hydrogens (tertiary/aromatic N) is 1. The Hall–Kier alpha value is -0.370. The number of ketones is 1. The van der Waals surface area contributed by atoms with Gasteiger partial charge in [0.05, 0.1) is 6.54 Å². The maximum Gasteiger partial charge on any atom is 0.148 e. The summed E-state index contributed by atoms with van der Waals surface area (Å²) in [4.78, 5) is 12.4. The summed E-state index contributed by atoms with van der Waals surface area (Å²) in [7, 11) is 1.96. The van der Waals surface area contributed by atoms with Gasteiger partial charge in [0.2, 0.25) is 0 Å². The Morgan fingerprint density at radius 1 is 1.50 bits per heavy atom. The highest BCUT2D eigenvalue weighted by Crippen LogP contribution is 1.98.